The van der Waals surface area contributed by atoms with E-state index in [1.165, 1.54) is 10.4 Å². The summed E-state index contributed by atoms with van der Waals surface area (Å²) in [4.78, 5) is 27.5. The summed E-state index contributed by atoms with van der Waals surface area (Å²) in [5.74, 6) is -0.646. The van der Waals surface area contributed by atoms with Crippen LogP contribution < -0.4 is 5.69 Å². The van der Waals surface area contributed by atoms with Crippen molar-refractivity contribution in [2.24, 2.45) is 0 Å². The van der Waals surface area contributed by atoms with E-state index in [2.05, 4.69) is 4.98 Å². The zero-order valence-electron chi connectivity index (χ0n) is 16.4. The van der Waals surface area contributed by atoms with Crippen LogP contribution in [0.2, 0.25) is 0 Å². The molecule has 0 spiro atoms. The first-order valence-corrected chi connectivity index (χ1v) is 12.2. The van der Waals surface area contributed by atoms with Crippen molar-refractivity contribution >= 4 is 38.4 Å². The quantitative estimate of drug-likeness (QED) is 0.441. The molecule has 8 nitrogen and oxygen atoms in total. The molecule has 0 amide bonds. The second-order valence-electron chi connectivity index (χ2n) is 7.17. The molecule has 0 radical (unpaired) electrons. The maximum absolute atomic E-state index is 12.9. The number of H-pyrrole nitrogens is 1. The van der Waals surface area contributed by atoms with E-state index in [-0.39, 0.29) is 22.1 Å². The standard InChI is InChI=1S/C20H23N3O5S2/c24-19(18-17(9-14-29-18)30(26,27)22-10-4-1-5-11-22)28-13-6-12-23-16-8-3-2-7-15(16)21-20(23)25/h2-3,7-9,14H,1,4-6,10-13H2,(H,21,25). The van der Waals surface area contributed by atoms with Gasteiger partial charge in [-0.1, -0.05) is 18.6 Å². The Labute approximate surface area is 178 Å². The molecule has 1 aliphatic heterocycles. The lowest BCUT2D eigenvalue weighted by atomic mass is 10.2. The highest BCUT2D eigenvalue weighted by Gasteiger charge is 2.31. The van der Waals surface area contributed by atoms with E-state index < -0.39 is 16.0 Å². The van der Waals surface area contributed by atoms with Gasteiger partial charge in [-0.15, -0.1) is 11.3 Å². The highest BCUT2D eigenvalue weighted by molar-refractivity contribution is 7.89. The molecule has 0 saturated carbocycles. The minimum atomic E-state index is -3.70. The van der Waals surface area contributed by atoms with Crippen LogP contribution in [0.25, 0.3) is 11.0 Å². The Kier molecular flexibility index (Phi) is 6.07. The van der Waals surface area contributed by atoms with E-state index in [1.807, 2.05) is 24.3 Å². The van der Waals surface area contributed by atoms with Crippen molar-refractivity contribution in [2.75, 3.05) is 19.7 Å². The smallest absolute Gasteiger partial charge is 0.349 e. The van der Waals surface area contributed by atoms with Gasteiger partial charge in [-0.3, -0.25) is 4.57 Å². The van der Waals surface area contributed by atoms with E-state index in [0.717, 1.165) is 41.6 Å². The van der Waals surface area contributed by atoms with Gasteiger partial charge in [-0.2, -0.15) is 4.31 Å². The van der Waals surface area contributed by atoms with Gasteiger partial charge in [0.05, 0.1) is 17.6 Å². The van der Waals surface area contributed by atoms with Gasteiger partial charge >= 0.3 is 11.7 Å². The molecule has 4 rings (SSSR count). The predicted molar refractivity (Wildman–Crippen MR) is 114 cm³/mol. The molecule has 1 aromatic carbocycles. The molecule has 10 heteroatoms. The summed E-state index contributed by atoms with van der Waals surface area (Å²) >= 11 is 1.07. The second-order valence-corrected chi connectivity index (χ2v) is 9.99. The predicted octanol–water partition coefficient (Wildman–Crippen LogP) is 2.81. The molecule has 1 N–H and O–H groups in total. The van der Waals surface area contributed by atoms with Crippen LogP contribution in [0.3, 0.4) is 0 Å². The van der Waals surface area contributed by atoms with Gasteiger partial charge in [0.2, 0.25) is 10.0 Å². The van der Waals surface area contributed by atoms with E-state index >= 15 is 0 Å². The number of benzene rings is 1. The Bertz CT molecular complexity index is 1200. The molecular weight excluding hydrogens is 426 g/mol. The third-order valence-electron chi connectivity index (χ3n) is 5.19. The number of aromatic nitrogens is 2. The van der Waals surface area contributed by atoms with E-state index in [1.54, 1.807) is 9.95 Å². The fourth-order valence-electron chi connectivity index (χ4n) is 3.68. The number of hydrogen-bond acceptors (Lipinski definition) is 6. The molecule has 160 valence electrons. The van der Waals surface area contributed by atoms with Crippen LogP contribution in [-0.4, -0.2) is 47.9 Å². The number of para-hydroxylation sites is 2. The van der Waals surface area contributed by atoms with Crippen LogP contribution in [0.5, 0.6) is 0 Å². The van der Waals surface area contributed by atoms with Crippen molar-refractivity contribution < 1.29 is 17.9 Å². The first-order valence-electron chi connectivity index (χ1n) is 9.91. The molecule has 3 heterocycles. The first-order chi connectivity index (χ1) is 14.5. The van der Waals surface area contributed by atoms with E-state index in [0.29, 0.717) is 26.1 Å². The number of esters is 1. The number of aromatic amines is 1. The number of nitrogens with zero attached hydrogens (tertiary/aromatic N) is 2. The highest BCUT2D eigenvalue weighted by Crippen LogP contribution is 2.28. The molecule has 0 aliphatic carbocycles. The van der Waals surface area contributed by atoms with Crippen LogP contribution in [0.4, 0.5) is 0 Å². The number of hydrogen-bond donors (Lipinski definition) is 1. The number of rotatable bonds is 7. The normalized spacial score (nSPS) is 15.5. The van der Waals surface area contributed by atoms with Crippen LogP contribution in [0.15, 0.2) is 45.4 Å². The fraction of sp³-hybridized carbons (Fsp3) is 0.400. The summed E-state index contributed by atoms with van der Waals surface area (Å²) in [7, 11) is -3.70. The van der Waals surface area contributed by atoms with E-state index in [9.17, 15) is 18.0 Å². The minimum absolute atomic E-state index is 0.0206. The Morgan fingerprint density at radius 2 is 1.90 bits per heavy atom. The van der Waals surface area contributed by atoms with E-state index in [4.69, 9.17) is 4.74 Å². The summed E-state index contributed by atoms with van der Waals surface area (Å²) in [5.41, 5.74) is 1.34. The molecular formula is C20H23N3O5S2. The number of nitrogens with one attached hydrogen (secondary N) is 1. The molecule has 3 aromatic rings. The number of piperidine rings is 1. The van der Waals surface area contributed by atoms with Crippen LogP contribution in [0, 0.1) is 0 Å². The molecule has 0 atom stereocenters. The summed E-state index contributed by atoms with van der Waals surface area (Å²) in [5, 5.41) is 1.60. The van der Waals surface area contributed by atoms with Crippen molar-refractivity contribution in [2.45, 2.75) is 37.1 Å². The van der Waals surface area contributed by atoms with Gasteiger partial charge < -0.3 is 9.72 Å². The average molecular weight is 450 g/mol. The van der Waals surface area contributed by atoms with Crippen molar-refractivity contribution in [1.82, 2.24) is 13.9 Å². The molecule has 1 saturated heterocycles. The van der Waals surface area contributed by atoms with Crippen LogP contribution in [-0.2, 0) is 21.3 Å². The zero-order chi connectivity index (χ0) is 21.1. The topological polar surface area (TPSA) is 101 Å². The fourth-order valence-corrected chi connectivity index (χ4v) is 6.48. The minimum Gasteiger partial charge on any atom is -0.461 e. The van der Waals surface area contributed by atoms with Crippen molar-refractivity contribution in [1.29, 1.82) is 0 Å². The zero-order valence-corrected chi connectivity index (χ0v) is 18.0. The van der Waals surface area contributed by atoms with Crippen LogP contribution >= 0.6 is 11.3 Å². The number of ether oxygens (including phenoxy) is 1. The average Bonchev–Trinajstić information content (AvgIpc) is 3.37. The highest BCUT2D eigenvalue weighted by atomic mass is 32.2. The lowest BCUT2D eigenvalue weighted by Crippen LogP contribution is -2.36. The molecule has 30 heavy (non-hydrogen) atoms. The van der Waals surface area contributed by atoms with Gasteiger partial charge in [-0.05, 0) is 42.8 Å². The number of thiophene rings is 1. The Morgan fingerprint density at radius 3 is 2.70 bits per heavy atom. The lowest BCUT2D eigenvalue weighted by molar-refractivity contribution is 0.0497. The SMILES string of the molecule is O=C(OCCCn1c(=O)[nH]c2ccccc21)c1sccc1S(=O)(=O)N1CCCCC1. The number of fused-ring (bicyclic) bond motifs is 1. The largest absolute Gasteiger partial charge is 0.461 e. The van der Waals surface area contributed by atoms with Gasteiger partial charge in [0, 0.05) is 19.6 Å². The summed E-state index contributed by atoms with van der Waals surface area (Å²) in [6.07, 6.45) is 3.11. The number of imidazole rings is 1. The van der Waals surface area contributed by atoms with Gasteiger partial charge in [-0.25, -0.2) is 18.0 Å². The molecule has 0 unspecified atom stereocenters. The lowest BCUT2D eigenvalue weighted by Gasteiger charge is -2.25. The summed E-state index contributed by atoms with van der Waals surface area (Å²) in [6, 6.07) is 8.85. The maximum atomic E-state index is 12.9. The number of aryl methyl sites for hydroxylation is 1. The second kappa shape index (κ2) is 8.75. The summed E-state index contributed by atoms with van der Waals surface area (Å²) < 4.78 is 34.2. The summed E-state index contributed by atoms with van der Waals surface area (Å²) in [6.45, 7) is 1.43. The maximum Gasteiger partial charge on any atom is 0.349 e. The Morgan fingerprint density at radius 1 is 1.13 bits per heavy atom. The molecule has 0 bridgehead atoms. The van der Waals surface area contributed by atoms with Gasteiger partial charge in [0.15, 0.2) is 0 Å². The Hall–Kier alpha value is -2.43. The monoisotopic (exact) mass is 449 g/mol. The number of sulfonamides is 1. The third kappa shape index (κ3) is 4.07. The third-order valence-corrected chi connectivity index (χ3v) is 8.15. The van der Waals surface area contributed by atoms with Gasteiger partial charge in [0.25, 0.3) is 0 Å². The Balaban J connectivity index is 1.39. The molecule has 1 aliphatic rings. The molecule has 2 aromatic heterocycles. The van der Waals surface area contributed by atoms with Crippen molar-refractivity contribution in [3.63, 3.8) is 0 Å². The number of carbonyl (C=O) groups is 1. The van der Waals surface area contributed by atoms with Crippen molar-refractivity contribution in [3.8, 4) is 0 Å². The number of carbonyl (C=O) groups excluding carboxylic acids is 1. The van der Waals surface area contributed by atoms with Crippen LogP contribution in [0.1, 0.15) is 35.4 Å². The van der Waals surface area contributed by atoms with Gasteiger partial charge in [0.1, 0.15) is 9.77 Å². The van der Waals surface area contributed by atoms with Crippen molar-refractivity contribution in [3.05, 3.63) is 51.1 Å². The molecule has 1 fully saturated rings. The first kappa shape index (κ1) is 20.8.